The zero-order valence-corrected chi connectivity index (χ0v) is 36.4. The molecule has 0 aromatic heterocycles. The molecule has 8 aromatic carbocycles. The molecule has 2 aliphatic carbocycles. The Kier molecular flexibility index (Phi) is 9.34. The molecule has 1 aliphatic heterocycles. The van der Waals surface area contributed by atoms with Crippen molar-refractivity contribution in [2.24, 2.45) is 0 Å². The van der Waals surface area contributed by atoms with Gasteiger partial charge in [-0.1, -0.05) is 115 Å². The van der Waals surface area contributed by atoms with Crippen LogP contribution < -0.4 is 0 Å². The van der Waals surface area contributed by atoms with Crippen LogP contribution in [0.4, 0.5) is 0 Å². The molecule has 294 valence electrons. The summed E-state index contributed by atoms with van der Waals surface area (Å²) in [6.45, 7) is 33.6. The monoisotopic (exact) mass is 760 g/mol. The van der Waals surface area contributed by atoms with Crippen molar-refractivity contribution < 1.29 is 0 Å². The van der Waals surface area contributed by atoms with Gasteiger partial charge < -0.3 is 9.80 Å². The van der Waals surface area contributed by atoms with Crippen LogP contribution in [-0.4, -0.2) is 22.9 Å². The Balaban J connectivity index is 0.000000677. The van der Waals surface area contributed by atoms with Crippen LogP contribution in [0.3, 0.4) is 0 Å². The number of rotatable bonds is 4. The fourth-order valence-electron chi connectivity index (χ4n) is 11.2. The molecule has 2 nitrogen and oxygen atoms in total. The third kappa shape index (κ3) is 5.22. The van der Waals surface area contributed by atoms with Crippen LogP contribution in [0.15, 0.2) is 81.0 Å². The molecule has 0 N–H and O–H groups in total. The maximum absolute atomic E-state index is 4.78. The van der Waals surface area contributed by atoms with Gasteiger partial charge in [-0.2, -0.15) is 0 Å². The Hall–Kier alpha value is -5.34. The molecule has 11 rings (SSSR count). The Morgan fingerprint density at radius 3 is 1.34 bits per heavy atom. The summed E-state index contributed by atoms with van der Waals surface area (Å²) in [5, 5.41) is 18.9. The van der Waals surface area contributed by atoms with E-state index in [1.807, 2.05) is 32.0 Å². The Morgan fingerprint density at radius 1 is 0.534 bits per heavy atom. The zero-order chi connectivity index (χ0) is 40.9. The molecule has 0 saturated heterocycles. The summed E-state index contributed by atoms with van der Waals surface area (Å²) in [6.07, 6.45) is 14.2. The molecule has 3 aliphatic rings. The van der Waals surface area contributed by atoms with Crippen molar-refractivity contribution >= 4 is 92.5 Å². The van der Waals surface area contributed by atoms with E-state index in [4.69, 9.17) is 13.2 Å². The molecule has 1 heterocycles. The van der Waals surface area contributed by atoms with Gasteiger partial charge in [0.2, 0.25) is 0 Å². The highest BCUT2D eigenvalue weighted by atomic mass is 15.2. The standard InChI is InChI=1S/C50H46N2.C4H8.C2H6/c1-11-51(10)30(7)38-22-27(4)42-35-18-20-37-44-29(6)24-40-32(9)52(33-15-13-12-14-16-33)31(8)39-23-28(5)43(50(44)48(39)40)36-19-17-34(46(35)47(36)37)41-25(2)21-26(3)45(38)49(41)42;1-2-4-3-1;1-2/h11,17-24,33H,1,7-9,12-16H2,2-6,10H3;1-4H2;1-2H3. The molecule has 2 heteroatoms. The minimum Gasteiger partial charge on any atom is -0.352 e. The molecule has 2 saturated carbocycles. The lowest BCUT2D eigenvalue weighted by Gasteiger charge is -2.42. The second-order valence-electron chi connectivity index (χ2n) is 17.5. The Labute approximate surface area is 345 Å². The molecule has 0 unspecified atom stereocenters. The van der Waals surface area contributed by atoms with E-state index in [1.54, 1.807) is 0 Å². The SMILES string of the molecule is C1CCC1.C=CN(C)C(=C)c1cc(C)c2c3ccc4c5c(C)cc6c7c(cc(C)c(c8ccc(c9c(C)cc(C)c1c92)c3c84)c75)C(=C)N(C1CCCCC1)C6=C.CC. The summed E-state index contributed by atoms with van der Waals surface area (Å²) < 4.78 is 0. The second-order valence-corrected chi connectivity index (χ2v) is 17.5. The van der Waals surface area contributed by atoms with Gasteiger partial charge in [-0.15, -0.1) is 0 Å². The topological polar surface area (TPSA) is 6.48 Å². The van der Waals surface area contributed by atoms with Gasteiger partial charge in [0.15, 0.2) is 0 Å². The first-order valence-electron chi connectivity index (χ1n) is 22.1. The van der Waals surface area contributed by atoms with Crippen LogP contribution in [0.2, 0.25) is 0 Å². The summed E-state index contributed by atoms with van der Waals surface area (Å²) in [5.41, 5.74) is 13.5. The number of fused-ring (bicyclic) bond motifs is 4. The maximum atomic E-state index is 4.78. The van der Waals surface area contributed by atoms with E-state index >= 15 is 0 Å². The van der Waals surface area contributed by atoms with Gasteiger partial charge >= 0.3 is 0 Å². The summed E-state index contributed by atoms with van der Waals surface area (Å²) in [5.74, 6) is 0. The molecular formula is C56H60N2. The van der Waals surface area contributed by atoms with Crippen molar-refractivity contribution in [3.05, 3.63) is 126 Å². The van der Waals surface area contributed by atoms with Crippen molar-refractivity contribution in [1.29, 1.82) is 0 Å². The van der Waals surface area contributed by atoms with Gasteiger partial charge in [-0.05, 0) is 170 Å². The fraction of sp³-hybridized carbons (Fsp3) is 0.321. The zero-order valence-electron chi connectivity index (χ0n) is 36.4. The molecule has 0 atom stereocenters. The smallest absolute Gasteiger partial charge is 0.0420 e. The van der Waals surface area contributed by atoms with Crippen molar-refractivity contribution in [3.63, 3.8) is 0 Å². The predicted octanol–water partition coefficient (Wildman–Crippen LogP) is 16.4. The summed E-state index contributed by atoms with van der Waals surface area (Å²) in [7, 11) is 2.04. The van der Waals surface area contributed by atoms with Crippen molar-refractivity contribution in [2.75, 3.05) is 7.05 Å². The first-order chi connectivity index (χ1) is 28.0. The van der Waals surface area contributed by atoms with E-state index in [1.165, 1.54) is 178 Å². The minimum atomic E-state index is 0.474. The highest BCUT2D eigenvalue weighted by Crippen LogP contribution is 2.54. The Morgan fingerprint density at radius 2 is 0.914 bits per heavy atom. The third-order valence-electron chi connectivity index (χ3n) is 14.2. The minimum absolute atomic E-state index is 0.474. The van der Waals surface area contributed by atoms with Crippen molar-refractivity contribution in [3.8, 4) is 0 Å². The summed E-state index contributed by atoms with van der Waals surface area (Å²) in [6, 6.07) is 19.8. The van der Waals surface area contributed by atoms with E-state index in [0.717, 1.165) is 17.1 Å². The summed E-state index contributed by atoms with van der Waals surface area (Å²) >= 11 is 0. The second kappa shape index (κ2) is 14.2. The van der Waals surface area contributed by atoms with Crippen LogP contribution in [0, 0.1) is 34.6 Å². The van der Waals surface area contributed by atoms with E-state index < -0.39 is 0 Å². The molecule has 0 amide bonds. The number of hydrogen-bond donors (Lipinski definition) is 0. The molecule has 2 fully saturated rings. The lowest BCUT2D eigenvalue weighted by molar-refractivity contribution is 0.300. The highest BCUT2D eigenvalue weighted by Gasteiger charge is 2.34. The number of benzene rings is 8. The van der Waals surface area contributed by atoms with Gasteiger partial charge in [0, 0.05) is 52.3 Å². The number of aryl methyl sites for hydroxylation is 5. The normalized spacial score (nSPS) is 15.8. The van der Waals surface area contributed by atoms with Crippen molar-refractivity contribution in [2.45, 2.75) is 112 Å². The van der Waals surface area contributed by atoms with Gasteiger partial charge in [0.25, 0.3) is 0 Å². The molecule has 0 bridgehead atoms. The van der Waals surface area contributed by atoms with Crippen LogP contribution in [-0.2, 0) is 0 Å². The average Bonchev–Trinajstić information content (AvgIpc) is 3.20. The summed E-state index contributed by atoms with van der Waals surface area (Å²) in [4.78, 5) is 4.54. The van der Waals surface area contributed by atoms with Gasteiger partial charge in [-0.3, -0.25) is 0 Å². The lowest BCUT2D eigenvalue weighted by atomic mass is 9.77. The van der Waals surface area contributed by atoms with E-state index in [9.17, 15) is 0 Å². The first kappa shape index (κ1) is 38.2. The lowest BCUT2D eigenvalue weighted by Crippen LogP contribution is -2.35. The first-order valence-corrected chi connectivity index (χ1v) is 22.1. The molecule has 8 aromatic rings. The van der Waals surface area contributed by atoms with Crippen LogP contribution >= 0.6 is 0 Å². The fourth-order valence-corrected chi connectivity index (χ4v) is 11.2. The van der Waals surface area contributed by atoms with Gasteiger partial charge in [0.05, 0.1) is 0 Å². The van der Waals surface area contributed by atoms with Crippen molar-refractivity contribution in [1.82, 2.24) is 9.80 Å². The van der Waals surface area contributed by atoms with E-state index in [0.29, 0.717) is 6.04 Å². The predicted molar refractivity (Wildman–Crippen MR) is 259 cm³/mol. The van der Waals surface area contributed by atoms with Gasteiger partial charge in [0.1, 0.15) is 0 Å². The largest absolute Gasteiger partial charge is 0.352 e. The van der Waals surface area contributed by atoms with Crippen LogP contribution in [0.1, 0.15) is 116 Å². The highest BCUT2D eigenvalue weighted by molar-refractivity contribution is 6.44. The maximum Gasteiger partial charge on any atom is 0.0420 e. The van der Waals surface area contributed by atoms with Gasteiger partial charge in [-0.25, -0.2) is 0 Å². The average molecular weight is 761 g/mol. The third-order valence-corrected chi connectivity index (χ3v) is 14.2. The van der Waals surface area contributed by atoms with Crippen LogP contribution in [0.25, 0.3) is 92.5 Å². The Bertz CT molecular complexity index is 2900. The molecule has 0 radical (unpaired) electrons. The quantitative estimate of drug-likeness (QED) is 0.130. The molecule has 58 heavy (non-hydrogen) atoms. The molecule has 0 spiro atoms. The van der Waals surface area contributed by atoms with E-state index in [2.05, 4.69) is 101 Å². The van der Waals surface area contributed by atoms with E-state index in [-0.39, 0.29) is 0 Å². The molecular weight excluding hydrogens is 701 g/mol. The number of nitrogens with zero attached hydrogens (tertiary/aromatic N) is 2. The number of hydrogen-bond acceptors (Lipinski definition) is 2. The van der Waals surface area contributed by atoms with Crippen LogP contribution in [0.5, 0.6) is 0 Å².